The molecule has 1 fully saturated rings. The highest BCUT2D eigenvalue weighted by Gasteiger charge is 2.35. The topological polar surface area (TPSA) is 58.6 Å². The van der Waals surface area contributed by atoms with Crippen molar-refractivity contribution in [3.8, 4) is 5.75 Å². The van der Waals surface area contributed by atoms with Gasteiger partial charge in [0.2, 0.25) is 11.8 Å². The molecule has 1 aliphatic heterocycles. The van der Waals surface area contributed by atoms with Crippen LogP contribution >= 0.6 is 0 Å². The molecule has 1 unspecified atom stereocenters. The molecule has 3 aromatic carbocycles. The van der Waals surface area contributed by atoms with Gasteiger partial charge in [0.1, 0.15) is 5.75 Å². The molecule has 2 amide bonds. The first-order valence-corrected chi connectivity index (χ1v) is 9.47. The van der Waals surface area contributed by atoms with E-state index in [9.17, 15) is 9.59 Å². The van der Waals surface area contributed by atoms with Gasteiger partial charge in [-0.25, -0.2) is 0 Å². The van der Waals surface area contributed by atoms with Gasteiger partial charge in [-0.3, -0.25) is 9.59 Å². The Labute approximate surface area is 163 Å². The molecule has 28 heavy (non-hydrogen) atoms. The number of hydrogen-bond acceptors (Lipinski definition) is 3. The lowest BCUT2D eigenvalue weighted by atomic mass is 10.1. The van der Waals surface area contributed by atoms with Gasteiger partial charge in [0.25, 0.3) is 0 Å². The zero-order valence-corrected chi connectivity index (χ0v) is 15.7. The fraction of sp³-hybridized carbons (Fsp3) is 0.217. The van der Waals surface area contributed by atoms with E-state index in [2.05, 4.69) is 5.32 Å². The van der Waals surface area contributed by atoms with Crippen LogP contribution in [0.15, 0.2) is 66.7 Å². The number of ether oxygens (including phenoxy) is 1. The zero-order chi connectivity index (χ0) is 19.5. The maximum atomic E-state index is 12.8. The van der Waals surface area contributed by atoms with Gasteiger partial charge in [0.05, 0.1) is 12.5 Å². The van der Waals surface area contributed by atoms with Crippen LogP contribution in [-0.2, 0) is 9.59 Å². The van der Waals surface area contributed by atoms with Crippen LogP contribution < -0.4 is 15.0 Å². The molecule has 0 aliphatic carbocycles. The number of fused-ring (bicyclic) bond motifs is 1. The normalized spacial score (nSPS) is 16.4. The fourth-order valence-corrected chi connectivity index (χ4v) is 3.59. The number of nitrogens with zero attached hydrogens (tertiary/aromatic N) is 1. The van der Waals surface area contributed by atoms with E-state index in [0.717, 1.165) is 27.9 Å². The van der Waals surface area contributed by atoms with Crippen LogP contribution in [-0.4, -0.2) is 25.0 Å². The molecule has 1 heterocycles. The van der Waals surface area contributed by atoms with Crippen molar-refractivity contribution < 1.29 is 14.3 Å². The second kappa shape index (κ2) is 7.72. The Morgan fingerprint density at radius 1 is 1.07 bits per heavy atom. The highest BCUT2D eigenvalue weighted by Crippen LogP contribution is 2.29. The lowest BCUT2D eigenvalue weighted by Crippen LogP contribution is -2.28. The summed E-state index contributed by atoms with van der Waals surface area (Å²) in [4.78, 5) is 27.0. The Morgan fingerprint density at radius 3 is 2.61 bits per heavy atom. The van der Waals surface area contributed by atoms with Crippen molar-refractivity contribution in [2.75, 3.05) is 23.4 Å². The smallest absolute Gasteiger partial charge is 0.229 e. The van der Waals surface area contributed by atoms with E-state index in [1.165, 1.54) is 0 Å². The highest BCUT2D eigenvalue weighted by molar-refractivity contribution is 6.07. The third-order valence-corrected chi connectivity index (χ3v) is 5.00. The maximum Gasteiger partial charge on any atom is 0.229 e. The maximum absolute atomic E-state index is 12.8. The van der Waals surface area contributed by atoms with E-state index in [1.807, 2.05) is 73.7 Å². The number of anilines is 2. The van der Waals surface area contributed by atoms with Crippen LogP contribution in [0.4, 0.5) is 11.4 Å². The Morgan fingerprint density at radius 2 is 1.82 bits per heavy atom. The number of hydrogen-bond donors (Lipinski definition) is 1. The Kier molecular flexibility index (Phi) is 4.98. The molecule has 0 bridgehead atoms. The van der Waals surface area contributed by atoms with Crippen molar-refractivity contribution in [1.29, 1.82) is 0 Å². The van der Waals surface area contributed by atoms with Gasteiger partial charge in [-0.2, -0.15) is 0 Å². The summed E-state index contributed by atoms with van der Waals surface area (Å²) in [6.07, 6.45) is 0.212. The van der Waals surface area contributed by atoms with Crippen molar-refractivity contribution in [3.05, 3.63) is 66.7 Å². The number of carbonyl (C=O) groups is 2. The summed E-state index contributed by atoms with van der Waals surface area (Å²) >= 11 is 0. The molecule has 5 nitrogen and oxygen atoms in total. The van der Waals surface area contributed by atoms with Crippen LogP contribution in [0, 0.1) is 5.92 Å². The van der Waals surface area contributed by atoms with Crippen molar-refractivity contribution in [1.82, 2.24) is 0 Å². The molecule has 0 radical (unpaired) electrons. The lowest BCUT2D eigenvalue weighted by Gasteiger charge is -2.17. The molecule has 1 N–H and O–H groups in total. The number of benzene rings is 3. The summed E-state index contributed by atoms with van der Waals surface area (Å²) in [5.41, 5.74) is 1.56. The minimum atomic E-state index is -0.377. The summed E-state index contributed by atoms with van der Waals surface area (Å²) in [5, 5.41) is 5.07. The molecule has 5 heteroatoms. The van der Waals surface area contributed by atoms with E-state index in [4.69, 9.17) is 4.74 Å². The third-order valence-electron chi connectivity index (χ3n) is 5.00. The minimum absolute atomic E-state index is 0.0396. The molecule has 3 aromatic rings. The second-order valence-corrected chi connectivity index (χ2v) is 6.85. The van der Waals surface area contributed by atoms with E-state index in [1.54, 1.807) is 4.90 Å². The van der Waals surface area contributed by atoms with E-state index in [-0.39, 0.29) is 24.2 Å². The summed E-state index contributed by atoms with van der Waals surface area (Å²) in [7, 11) is 0. The summed E-state index contributed by atoms with van der Waals surface area (Å²) in [6, 6.07) is 21.1. The number of carbonyl (C=O) groups excluding carboxylic acids is 2. The van der Waals surface area contributed by atoms with Crippen molar-refractivity contribution in [3.63, 3.8) is 0 Å². The SMILES string of the molecule is CCOc1ccc(N2CC(C(=O)Nc3cccc4ccccc34)CC2=O)cc1. The predicted molar refractivity (Wildman–Crippen MR) is 111 cm³/mol. The standard InChI is InChI=1S/C23H22N2O3/c1-2-28-19-12-10-18(11-13-19)25-15-17(14-22(25)26)23(27)24-21-9-5-7-16-6-3-4-8-20(16)21/h3-13,17H,2,14-15H2,1H3,(H,24,27). The lowest BCUT2D eigenvalue weighted by molar-refractivity contribution is -0.122. The van der Waals surface area contributed by atoms with Gasteiger partial charge in [-0.1, -0.05) is 36.4 Å². The van der Waals surface area contributed by atoms with Crippen LogP contribution in [0.3, 0.4) is 0 Å². The van der Waals surface area contributed by atoms with Crippen LogP contribution in [0.2, 0.25) is 0 Å². The van der Waals surface area contributed by atoms with Gasteiger partial charge in [-0.05, 0) is 42.6 Å². The second-order valence-electron chi connectivity index (χ2n) is 6.85. The monoisotopic (exact) mass is 374 g/mol. The zero-order valence-electron chi connectivity index (χ0n) is 15.7. The first kappa shape index (κ1) is 18.0. The third kappa shape index (κ3) is 3.56. The first-order chi connectivity index (χ1) is 13.7. The molecular formula is C23H22N2O3. The molecule has 1 saturated heterocycles. The quantitative estimate of drug-likeness (QED) is 0.727. The largest absolute Gasteiger partial charge is 0.494 e. The first-order valence-electron chi connectivity index (χ1n) is 9.47. The molecule has 1 atom stereocenters. The molecule has 0 saturated carbocycles. The number of nitrogens with one attached hydrogen (secondary N) is 1. The van der Waals surface area contributed by atoms with Crippen LogP contribution in [0.1, 0.15) is 13.3 Å². The van der Waals surface area contributed by atoms with E-state index in [0.29, 0.717) is 13.2 Å². The van der Waals surface area contributed by atoms with Gasteiger partial charge in [-0.15, -0.1) is 0 Å². The summed E-state index contributed by atoms with van der Waals surface area (Å²) < 4.78 is 5.44. The average molecular weight is 374 g/mol. The molecular weight excluding hydrogens is 352 g/mol. The van der Waals surface area contributed by atoms with Crippen molar-refractivity contribution in [2.24, 2.45) is 5.92 Å². The van der Waals surface area contributed by atoms with Gasteiger partial charge in [0, 0.05) is 29.7 Å². The summed E-state index contributed by atoms with van der Waals surface area (Å²) in [6.45, 7) is 2.90. The van der Waals surface area contributed by atoms with Gasteiger partial charge < -0.3 is 15.0 Å². The van der Waals surface area contributed by atoms with Gasteiger partial charge in [0.15, 0.2) is 0 Å². The number of rotatable bonds is 5. The Hall–Kier alpha value is -3.34. The molecule has 0 aromatic heterocycles. The molecule has 4 rings (SSSR count). The van der Waals surface area contributed by atoms with Crippen LogP contribution in [0.25, 0.3) is 10.8 Å². The Balaban J connectivity index is 1.48. The van der Waals surface area contributed by atoms with Crippen molar-refractivity contribution >= 4 is 34.0 Å². The molecule has 0 spiro atoms. The van der Waals surface area contributed by atoms with Crippen LogP contribution in [0.5, 0.6) is 5.75 Å². The minimum Gasteiger partial charge on any atom is -0.494 e. The number of amides is 2. The molecule has 1 aliphatic rings. The fourth-order valence-electron chi connectivity index (χ4n) is 3.59. The van der Waals surface area contributed by atoms with Crippen molar-refractivity contribution in [2.45, 2.75) is 13.3 Å². The predicted octanol–water partition coefficient (Wildman–Crippen LogP) is 4.23. The van der Waals surface area contributed by atoms with E-state index < -0.39 is 0 Å². The average Bonchev–Trinajstić information content (AvgIpc) is 3.11. The molecule has 142 valence electrons. The van der Waals surface area contributed by atoms with Gasteiger partial charge >= 0.3 is 0 Å². The summed E-state index contributed by atoms with van der Waals surface area (Å²) in [5.74, 6) is 0.224. The van der Waals surface area contributed by atoms with E-state index >= 15 is 0 Å². The Bertz CT molecular complexity index is 1010. The highest BCUT2D eigenvalue weighted by atomic mass is 16.5.